The summed E-state index contributed by atoms with van der Waals surface area (Å²) < 4.78 is 17.1. The van der Waals surface area contributed by atoms with E-state index in [0.717, 1.165) is 23.2 Å². The zero-order chi connectivity index (χ0) is 17.4. The van der Waals surface area contributed by atoms with E-state index >= 15 is 0 Å². The molecule has 1 N–H and O–H groups in total. The van der Waals surface area contributed by atoms with Gasteiger partial charge in [0.05, 0.1) is 5.69 Å². The minimum Gasteiger partial charge on any atom is -0.481 e. The van der Waals surface area contributed by atoms with E-state index in [1.54, 1.807) is 0 Å². The summed E-state index contributed by atoms with van der Waals surface area (Å²) in [6.45, 7) is 6.20. The number of hydrogen-bond donors (Lipinski definition) is 1. The second-order valence-corrected chi connectivity index (χ2v) is 6.46. The van der Waals surface area contributed by atoms with Crippen molar-refractivity contribution < 1.29 is 23.6 Å². The summed E-state index contributed by atoms with van der Waals surface area (Å²) in [6, 6.07) is 5.75. The van der Waals surface area contributed by atoms with Gasteiger partial charge in [0.25, 0.3) is 0 Å². The van der Waals surface area contributed by atoms with E-state index in [4.69, 9.17) is 9.84 Å². The summed E-state index contributed by atoms with van der Waals surface area (Å²) in [5.41, 5.74) is 2.66. The number of ether oxygens (including phenoxy) is 1. The monoisotopic (exact) mass is 341 g/mol. The Morgan fingerprint density at radius 2 is 1.96 bits per heavy atom. The predicted octanol–water partition coefficient (Wildman–Crippen LogP) is 1.72. The molecular weight excluding hydrogens is 318 g/mol. The minimum absolute atomic E-state index is 0.0530. The number of para-hydroxylation sites is 1. The van der Waals surface area contributed by atoms with Crippen molar-refractivity contribution in [1.29, 1.82) is 0 Å². The minimum atomic E-state index is -1.74. The van der Waals surface area contributed by atoms with Gasteiger partial charge in [-0.15, -0.1) is 0 Å². The van der Waals surface area contributed by atoms with Crippen LogP contribution in [0.1, 0.15) is 25.0 Å². The highest BCUT2D eigenvalue weighted by molar-refractivity contribution is 7.86. The highest BCUT2D eigenvalue weighted by atomic mass is 32.2. The maximum absolute atomic E-state index is 12.5. The molecule has 1 rings (SSSR count). The van der Waals surface area contributed by atoms with E-state index in [0.29, 0.717) is 6.61 Å². The Morgan fingerprint density at radius 1 is 1.26 bits per heavy atom. The summed E-state index contributed by atoms with van der Waals surface area (Å²) >= 11 is 0. The number of carbonyl (C=O) groups is 2. The molecule has 0 aliphatic carbocycles. The first-order valence-corrected chi connectivity index (χ1v) is 8.92. The molecular formula is C16H23NO5S. The lowest BCUT2D eigenvalue weighted by molar-refractivity contribution is -0.133. The lowest BCUT2D eigenvalue weighted by Crippen LogP contribution is -2.38. The van der Waals surface area contributed by atoms with E-state index in [2.05, 4.69) is 0 Å². The fourth-order valence-corrected chi connectivity index (χ4v) is 3.05. The van der Waals surface area contributed by atoms with Gasteiger partial charge in [-0.1, -0.05) is 25.1 Å². The Labute approximate surface area is 138 Å². The van der Waals surface area contributed by atoms with Gasteiger partial charge in [0.15, 0.2) is 0 Å². The number of aliphatic carboxylic acids is 1. The Bertz CT molecular complexity index is 588. The van der Waals surface area contributed by atoms with Crippen molar-refractivity contribution in [3.05, 3.63) is 29.3 Å². The van der Waals surface area contributed by atoms with E-state index in [1.807, 2.05) is 39.0 Å². The molecule has 1 amide bonds. The number of carboxylic acid groups (broad SMARTS) is 1. The van der Waals surface area contributed by atoms with E-state index < -0.39 is 28.4 Å². The summed E-state index contributed by atoms with van der Waals surface area (Å²) in [6.07, 6.45) is 0.741. The number of nitrogens with zero attached hydrogens (tertiary/aromatic N) is 1. The summed E-state index contributed by atoms with van der Waals surface area (Å²) in [4.78, 5) is 24.6. The Balaban J connectivity index is 3.07. The first-order chi connectivity index (χ1) is 10.9. The molecule has 0 aromatic heterocycles. The number of carbonyl (C=O) groups excluding carboxylic acids is 1. The van der Waals surface area contributed by atoms with Gasteiger partial charge in [-0.2, -0.15) is 0 Å². The molecule has 0 radical (unpaired) electrons. The second-order valence-electron chi connectivity index (χ2n) is 5.00. The van der Waals surface area contributed by atoms with Gasteiger partial charge in [-0.25, -0.2) is 0 Å². The molecule has 0 saturated carbocycles. The van der Waals surface area contributed by atoms with E-state index in [-0.39, 0.29) is 12.5 Å². The lowest BCUT2D eigenvalue weighted by Gasteiger charge is -2.26. The predicted molar refractivity (Wildman–Crippen MR) is 90.0 cm³/mol. The van der Waals surface area contributed by atoms with Gasteiger partial charge < -0.3 is 9.84 Å². The van der Waals surface area contributed by atoms with Crippen LogP contribution in [0.25, 0.3) is 0 Å². The van der Waals surface area contributed by atoms with Crippen LogP contribution in [0.2, 0.25) is 0 Å². The molecule has 6 nitrogen and oxygen atoms in total. The number of carboxylic acids is 1. The highest BCUT2D eigenvalue weighted by Gasteiger charge is 2.22. The van der Waals surface area contributed by atoms with Crippen LogP contribution < -0.4 is 4.90 Å². The fraction of sp³-hybridized carbons (Fsp3) is 0.500. The molecule has 0 fully saturated rings. The van der Waals surface area contributed by atoms with Crippen molar-refractivity contribution in [3.8, 4) is 0 Å². The Morgan fingerprint density at radius 3 is 2.52 bits per heavy atom. The number of hydrogen-bond acceptors (Lipinski definition) is 4. The second kappa shape index (κ2) is 9.42. The van der Waals surface area contributed by atoms with Gasteiger partial charge >= 0.3 is 5.97 Å². The summed E-state index contributed by atoms with van der Waals surface area (Å²) in [7, 11) is -1.74. The first-order valence-electron chi connectivity index (χ1n) is 7.44. The van der Waals surface area contributed by atoms with Crippen molar-refractivity contribution in [2.45, 2.75) is 27.2 Å². The molecule has 1 atom stereocenters. The van der Waals surface area contributed by atoms with Gasteiger partial charge in [0.1, 0.15) is 18.2 Å². The van der Waals surface area contributed by atoms with Gasteiger partial charge in [0.2, 0.25) is 5.91 Å². The quantitative estimate of drug-likeness (QED) is 0.691. The van der Waals surface area contributed by atoms with Crippen molar-refractivity contribution >= 4 is 28.4 Å². The largest absolute Gasteiger partial charge is 0.481 e. The number of rotatable bonds is 9. The van der Waals surface area contributed by atoms with Crippen LogP contribution in [0.3, 0.4) is 0 Å². The molecule has 0 aliphatic rings. The SMILES string of the molecule is CCOCN(C(=O)CS(=O)CC(=O)O)c1c(C)cccc1CC. The number of benzene rings is 1. The maximum Gasteiger partial charge on any atom is 0.316 e. The molecule has 0 saturated heterocycles. The molecule has 0 bridgehead atoms. The molecule has 0 heterocycles. The van der Waals surface area contributed by atoms with Crippen LogP contribution in [0.5, 0.6) is 0 Å². The molecule has 0 spiro atoms. The normalized spacial score (nSPS) is 12.0. The summed E-state index contributed by atoms with van der Waals surface area (Å²) in [5.74, 6) is -2.46. The van der Waals surface area contributed by atoms with Crippen LogP contribution >= 0.6 is 0 Å². The van der Waals surface area contributed by atoms with Crippen molar-refractivity contribution in [2.24, 2.45) is 0 Å². The third-order valence-corrected chi connectivity index (χ3v) is 4.40. The molecule has 23 heavy (non-hydrogen) atoms. The molecule has 128 valence electrons. The van der Waals surface area contributed by atoms with E-state index in [9.17, 15) is 13.8 Å². The smallest absolute Gasteiger partial charge is 0.316 e. The number of anilines is 1. The highest BCUT2D eigenvalue weighted by Crippen LogP contribution is 2.26. The van der Waals surface area contributed by atoms with Crippen LogP contribution in [0.15, 0.2) is 18.2 Å². The van der Waals surface area contributed by atoms with Crippen LogP contribution in [-0.4, -0.2) is 46.0 Å². The average molecular weight is 341 g/mol. The zero-order valence-electron chi connectivity index (χ0n) is 13.7. The van der Waals surface area contributed by atoms with Crippen LogP contribution in [0, 0.1) is 6.92 Å². The van der Waals surface area contributed by atoms with Crippen LogP contribution in [0.4, 0.5) is 5.69 Å². The number of aryl methyl sites for hydroxylation is 2. The lowest BCUT2D eigenvalue weighted by atomic mass is 10.0. The third kappa shape index (κ3) is 5.76. The van der Waals surface area contributed by atoms with Crippen molar-refractivity contribution in [2.75, 3.05) is 29.7 Å². The molecule has 7 heteroatoms. The standard InChI is InChI=1S/C16H23NO5S/c1-4-13-8-6-7-12(3)16(13)17(11-22-5-2)14(18)9-23(21)10-15(19)20/h6-8H,4-5,9-11H2,1-3H3,(H,19,20). The molecule has 1 aromatic carbocycles. The fourth-order valence-electron chi connectivity index (χ4n) is 2.24. The molecule has 1 aromatic rings. The third-order valence-electron chi connectivity index (χ3n) is 3.27. The van der Waals surface area contributed by atoms with E-state index in [1.165, 1.54) is 4.90 Å². The van der Waals surface area contributed by atoms with Gasteiger partial charge in [-0.3, -0.25) is 18.7 Å². The maximum atomic E-state index is 12.5. The van der Waals surface area contributed by atoms with Gasteiger partial charge in [-0.05, 0) is 31.4 Å². The number of amides is 1. The average Bonchev–Trinajstić information content (AvgIpc) is 2.47. The Hall–Kier alpha value is -1.73. The van der Waals surface area contributed by atoms with Crippen LogP contribution in [-0.2, 0) is 31.5 Å². The summed E-state index contributed by atoms with van der Waals surface area (Å²) in [5, 5.41) is 8.68. The Kier molecular flexibility index (Phi) is 7.91. The first kappa shape index (κ1) is 19.3. The van der Waals surface area contributed by atoms with Crippen molar-refractivity contribution in [3.63, 3.8) is 0 Å². The van der Waals surface area contributed by atoms with Gasteiger partial charge in [0, 0.05) is 17.4 Å². The van der Waals surface area contributed by atoms with Crippen molar-refractivity contribution in [1.82, 2.24) is 0 Å². The molecule has 0 aliphatic heterocycles. The topological polar surface area (TPSA) is 83.9 Å². The zero-order valence-corrected chi connectivity index (χ0v) is 14.5. The molecule has 1 unspecified atom stereocenters.